The summed E-state index contributed by atoms with van der Waals surface area (Å²) in [7, 11) is 0. The lowest BCUT2D eigenvalue weighted by molar-refractivity contribution is 0.144. The molecule has 0 unspecified atom stereocenters. The molecule has 0 aromatic heterocycles. The summed E-state index contributed by atoms with van der Waals surface area (Å²) in [5.74, 6) is 5.96. The molecule has 0 aliphatic rings. The van der Waals surface area contributed by atoms with Crippen LogP contribution in [0.2, 0.25) is 0 Å². The maximum Gasteiger partial charge on any atom is 0.511 e. The molecule has 0 aliphatic heterocycles. The highest BCUT2D eigenvalue weighted by molar-refractivity contribution is 5.63. The number of carbonyl (C=O) groups is 1. The van der Waals surface area contributed by atoms with Gasteiger partial charge in [-0.25, -0.2) is 4.79 Å². The molecule has 1 N–H and O–H groups in total. The summed E-state index contributed by atoms with van der Waals surface area (Å²) in [4.78, 5) is 10.3. The summed E-state index contributed by atoms with van der Waals surface area (Å²) in [6.45, 7) is 1.92. The van der Waals surface area contributed by atoms with E-state index in [0.29, 0.717) is 5.56 Å². The van der Waals surface area contributed by atoms with Crippen LogP contribution in [0.4, 0.5) is 4.79 Å². The van der Waals surface area contributed by atoms with Gasteiger partial charge in [-0.15, -0.1) is 0 Å². The maximum atomic E-state index is 10.3. The Bertz CT molecular complexity index is 385. The lowest BCUT2D eigenvalue weighted by Gasteiger charge is -2.01. The van der Waals surface area contributed by atoms with Crippen molar-refractivity contribution in [3.8, 4) is 17.6 Å². The molecule has 0 atom stereocenters. The number of carboxylic acid groups (broad SMARTS) is 1. The van der Waals surface area contributed by atoms with E-state index in [0.717, 1.165) is 6.42 Å². The molecule has 3 heteroatoms. The van der Waals surface area contributed by atoms with E-state index >= 15 is 0 Å². The molecule has 0 amide bonds. The van der Waals surface area contributed by atoms with E-state index in [1.807, 2.05) is 6.92 Å². The summed E-state index contributed by atoms with van der Waals surface area (Å²) in [6, 6.07) is 6.79. The third kappa shape index (κ3) is 2.83. The summed E-state index contributed by atoms with van der Waals surface area (Å²) < 4.78 is 4.56. The third-order valence-corrected chi connectivity index (χ3v) is 1.48. The molecule has 72 valence electrons. The average molecular weight is 190 g/mol. The minimum Gasteiger partial charge on any atom is -0.449 e. The van der Waals surface area contributed by atoms with Crippen LogP contribution in [0, 0.1) is 11.8 Å². The first-order valence-electron chi connectivity index (χ1n) is 4.22. The molecule has 1 aromatic rings. The fourth-order valence-electron chi connectivity index (χ4n) is 0.937. The Labute approximate surface area is 82.3 Å². The molecule has 0 bridgehead atoms. The molecule has 3 nitrogen and oxygen atoms in total. The number of benzene rings is 1. The molecule has 1 aromatic carbocycles. The first-order chi connectivity index (χ1) is 6.74. The van der Waals surface area contributed by atoms with Crippen molar-refractivity contribution in [3.05, 3.63) is 29.8 Å². The Morgan fingerprint density at radius 1 is 1.50 bits per heavy atom. The summed E-state index contributed by atoms with van der Waals surface area (Å²) in [5.41, 5.74) is 0.594. The average Bonchev–Trinajstić information content (AvgIpc) is 2.16. The second-order valence-corrected chi connectivity index (χ2v) is 2.52. The monoisotopic (exact) mass is 190 g/mol. The largest absolute Gasteiger partial charge is 0.511 e. The highest BCUT2D eigenvalue weighted by atomic mass is 16.7. The van der Waals surface area contributed by atoms with Crippen LogP contribution >= 0.6 is 0 Å². The number of hydrogen-bond acceptors (Lipinski definition) is 2. The number of hydrogen-bond donors (Lipinski definition) is 1. The van der Waals surface area contributed by atoms with Crippen molar-refractivity contribution in [2.45, 2.75) is 13.3 Å². The maximum absolute atomic E-state index is 10.3. The van der Waals surface area contributed by atoms with Gasteiger partial charge in [-0.2, -0.15) is 0 Å². The highest BCUT2D eigenvalue weighted by Gasteiger charge is 2.04. The molecular formula is C11H10O3. The Morgan fingerprint density at radius 3 is 2.86 bits per heavy atom. The van der Waals surface area contributed by atoms with Gasteiger partial charge in [-0.1, -0.05) is 30.9 Å². The van der Waals surface area contributed by atoms with Gasteiger partial charge in [0.25, 0.3) is 0 Å². The minimum absolute atomic E-state index is 0.279. The fourth-order valence-corrected chi connectivity index (χ4v) is 0.937. The predicted octanol–water partition coefficient (Wildman–Crippen LogP) is 2.50. The van der Waals surface area contributed by atoms with Gasteiger partial charge in [0.05, 0.1) is 5.56 Å². The van der Waals surface area contributed by atoms with Gasteiger partial charge in [0.2, 0.25) is 0 Å². The highest BCUT2D eigenvalue weighted by Crippen LogP contribution is 2.16. The van der Waals surface area contributed by atoms with Gasteiger partial charge in [0.1, 0.15) is 5.75 Å². The van der Waals surface area contributed by atoms with E-state index in [1.54, 1.807) is 24.3 Å². The quantitative estimate of drug-likeness (QED) is 0.420. The first-order valence-corrected chi connectivity index (χ1v) is 4.22. The molecule has 0 aliphatic carbocycles. The topological polar surface area (TPSA) is 46.5 Å². The van der Waals surface area contributed by atoms with Gasteiger partial charge < -0.3 is 9.84 Å². The third-order valence-electron chi connectivity index (χ3n) is 1.48. The van der Waals surface area contributed by atoms with Crippen LogP contribution in [0.5, 0.6) is 5.75 Å². The van der Waals surface area contributed by atoms with Gasteiger partial charge in [-0.05, 0) is 12.1 Å². The van der Waals surface area contributed by atoms with Crippen molar-refractivity contribution in [2.24, 2.45) is 0 Å². The SMILES string of the molecule is CCC#Cc1ccccc1OC(=O)O. The molecule has 0 spiro atoms. The number of ether oxygens (including phenoxy) is 1. The van der Waals surface area contributed by atoms with E-state index < -0.39 is 6.16 Å². The standard InChI is InChI=1S/C11H10O3/c1-2-3-6-9-7-4-5-8-10(9)14-11(12)13/h4-5,7-8H,2H2,1H3,(H,12,13). The van der Waals surface area contributed by atoms with Gasteiger partial charge >= 0.3 is 6.16 Å². The van der Waals surface area contributed by atoms with Crippen molar-refractivity contribution < 1.29 is 14.6 Å². The van der Waals surface area contributed by atoms with E-state index in [1.165, 1.54) is 0 Å². The lowest BCUT2D eigenvalue weighted by atomic mass is 10.2. The molecule has 0 heterocycles. The Kier molecular flexibility index (Phi) is 3.57. The summed E-state index contributed by atoms with van der Waals surface area (Å²) in [5, 5.41) is 8.45. The predicted molar refractivity (Wildman–Crippen MR) is 52.3 cm³/mol. The van der Waals surface area contributed by atoms with Crippen LogP contribution in [0.25, 0.3) is 0 Å². The van der Waals surface area contributed by atoms with Crippen LogP contribution in [0.3, 0.4) is 0 Å². The molecule has 1 rings (SSSR count). The van der Waals surface area contributed by atoms with E-state index in [9.17, 15) is 4.79 Å². The minimum atomic E-state index is -1.32. The molecule has 0 saturated heterocycles. The molecule has 0 radical (unpaired) electrons. The van der Waals surface area contributed by atoms with Crippen LogP contribution < -0.4 is 4.74 Å². The van der Waals surface area contributed by atoms with Crippen LogP contribution in [0.15, 0.2) is 24.3 Å². The first kappa shape index (κ1) is 10.1. The van der Waals surface area contributed by atoms with Crippen molar-refractivity contribution in [1.82, 2.24) is 0 Å². The molecular weight excluding hydrogens is 180 g/mol. The second-order valence-electron chi connectivity index (χ2n) is 2.52. The Morgan fingerprint density at radius 2 is 2.21 bits per heavy atom. The van der Waals surface area contributed by atoms with Crippen molar-refractivity contribution in [1.29, 1.82) is 0 Å². The van der Waals surface area contributed by atoms with Crippen LogP contribution in [-0.4, -0.2) is 11.3 Å². The fraction of sp³-hybridized carbons (Fsp3) is 0.182. The smallest absolute Gasteiger partial charge is 0.449 e. The van der Waals surface area contributed by atoms with Gasteiger partial charge in [0.15, 0.2) is 0 Å². The van der Waals surface area contributed by atoms with Crippen molar-refractivity contribution in [2.75, 3.05) is 0 Å². The van der Waals surface area contributed by atoms with Crippen molar-refractivity contribution >= 4 is 6.16 Å². The Hall–Kier alpha value is -1.95. The van der Waals surface area contributed by atoms with E-state index in [4.69, 9.17) is 5.11 Å². The van der Waals surface area contributed by atoms with Crippen molar-refractivity contribution in [3.63, 3.8) is 0 Å². The second kappa shape index (κ2) is 4.93. The van der Waals surface area contributed by atoms with E-state index in [2.05, 4.69) is 16.6 Å². The molecule has 0 fully saturated rings. The zero-order chi connectivity index (χ0) is 10.4. The number of para-hydroxylation sites is 1. The zero-order valence-electron chi connectivity index (χ0n) is 7.78. The van der Waals surface area contributed by atoms with Gasteiger partial charge in [0, 0.05) is 6.42 Å². The van der Waals surface area contributed by atoms with Crippen LogP contribution in [0.1, 0.15) is 18.9 Å². The zero-order valence-corrected chi connectivity index (χ0v) is 7.78. The normalized spacial score (nSPS) is 8.64. The lowest BCUT2D eigenvalue weighted by Crippen LogP contribution is -2.04. The van der Waals surface area contributed by atoms with Gasteiger partial charge in [-0.3, -0.25) is 0 Å². The van der Waals surface area contributed by atoms with E-state index in [-0.39, 0.29) is 5.75 Å². The van der Waals surface area contributed by atoms with Crippen LogP contribution in [-0.2, 0) is 0 Å². The Balaban J connectivity index is 2.96. The molecule has 14 heavy (non-hydrogen) atoms. The molecule has 0 saturated carbocycles. The summed E-state index contributed by atoms with van der Waals surface area (Å²) in [6.07, 6.45) is -0.600. The number of rotatable bonds is 1. The summed E-state index contributed by atoms with van der Waals surface area (Å²) >= 11 is 0.